The molecule has 0 aromatic carbocycles. The number of aromatic amines is 1. The van der Waals surface area contributed by atoms with E-state index >= 15 is 0 Å². The molecule has 0 spiro atoms. The van der Waals surface area contributed by atoms with Gasteiger partial charge in [-0.25, -0.2) is 23.9 Å². The maximum absolute atomic E-state index is 12.6. The molecule has 13 heteroatoms. The molecule has 1 saturated heterocycles. The number of aromatic nitrogens is 3. The normalized spacial score (nSPS) is 25.8. The first-order valence-corrected chi connectivity index (χ1v) is 9.58. The average molecular weight is 445 g/mol. The molecule has 2 rings (SSSR count). The SMILES string of the molecule is CC(=O)OC[C@H]1O[C@H](OC(C)C)[C@@H](n2[nH]c(=O)n(C)c2=O)[C@@H](OC(C)=O)[C@@H]1OC(C)=O. The van der Waals surface area contributed by atoms with E-state index < -0.39 is 66.0 Å². The van der Waals surface area contributed by atoms with Crippen LogP contribution in [0.3, 0.4) is 0 Å². The minimum absolute atomic E-state index is 0.337. The van der Waals surface area contributed by atoms with Gasteiger partial charge in [0.05, 0.1) is 6.10 Å². The van der Waals surface area contributed by atoms with Gasteiger partial charge in [-0.05, 0) is 13.8 Å². The summed E-state index contributed by atoms with van der Waals surface area (Å²) in [4.78, 5) is 59.6. The first-order chi connectivity index (χ1) is 14.4. The van der Waals surface area contributed by atoms with E-state index in [1.165, 1.54) is 14.0 Å². The standard InChI is InChI=1S/C18H27N3O10/c1-8(2)28-16-13(21-18(26)20(6)17(25)19-21)15(30-11(5)24)14(29-10(4)23)12(31-16)7-27-9(3)22/h8,12-16H,7H2,1-6H3,(H,19,25)/t12-,13+,14-,15-,16+/m1/s1. The second-order valence-electron chi connectivity index (χ2n) is 7.30. The summed E-state index contributed by atoms with van der Waals surface area (Å²) < 4.78 is 29.1. The molecular formula is C18H27N3O10. The summed E-state index contributed by atoms with van der Waals surface area (Å²) in [5.74, 6) is -2.08. The largest absolute Gasteiger partial charge is 0.463 e. The number of nitrogens with zero attached hydrogens (tertiary/aromatic N) is 2. The van der Waals surface area contributed by atoms with Gasteiger partial charge in [-0.3, -0.25) is 14.4 Å². The van der Waals surface area contributed by atoms with Crippen molar-refractivity contribution in [1.82, 2.24) is 14.3 Å². The van der Waals surface area contributed by atoms with Gasteiger partial charge >= 0.3 is 29.3 Å². The Kier molecular flexibility index (Phi) is 7.79. The van der Waals surface area contributed by atoms with Crippen LogP contribution in [0, 0.1) is 0 Å². The third-order valence-corrected chi connectivity index (χ3v) is 4.39. The Morgan fingerprint density at radius 2 is 1.61 bits per heavy atom. The van der Waals surface area contributed by atoms with Crippen molar-refractivity contribution >= 4 is 17.9 Å². The van der Waals surface area contributed by atoms with Crippen molar-refractivity contribution in [2.75, 3.05) is 6.61 Å². The van der Waals surface area contributed by atoms with Crippen LogP contribution in [0.4, 0.5) is 0 Å². The minimum atomic E-state index is -1.31. The Labute approximate surface area is 177 Å². The average Bonchev–Trinajstić information content (AvgIpc) is 2.88. The number of carbonyl (C=O) groups excluding carboxylic acids is 3. The summed E-state index contributed by atoms with van der Waals surface area (Å²) in [5.41, 5.74) is -1.48. The predicted molar refractivity (Wildman–Crippen MR) is 102 cm³/mol. The molecule has 13 nitrogen and oxygen atoms in total. The molecule has 0 amide bonds. The van der Waals surface area contributed by atoms with Crippen LogP contribution >= 0.6 is 0 Å². The van der Waals surface area contributed by atoms with Crippen LogP contribution in [0.25, 0.3) is 0 Å². The lowest BCUT2D eigenvalue weighted by molar-refractivity contribution is -0.295. The number of esters is 3. The summed E-state index contributed by atoms with van der Waals surface area (Å²) in [7, 11) is 1.26. The summed E-state index contributed by atoms with van der Waals surface area (Å²) in [5, 5.41) is 2.36. The molecule has 5 atom stereocenters. The van der Waals surface area contributed by atoms with E-state index in [-0.39, 0.29) is 6.61 Å². The summed E-state index contributed by atoms with van der Waals surface area (Å²) >= 11 is 0. The highest BCUT2D eigenvalue weighted by molar-refractivity contribution is 5.67. The first-order valence-electron chi connectivity index (χ1n) is 9.58. The van der Waals surface area contributed by atoms with Gasteiger partial charge in [-0.2, -0.15) is 0 Å². The highest BCUT2D eigenvalue weighted by Gasteiger charge is 2.53. The fourth-order valence-corrected chi connectivity index (χ4v) is 3.21. The number of nitrogens with one attached hydrogen (secondary N) is 1. The van der Waals surface area contributed by atoms with E-state index in [2.05, 4.69) is 5.10 Å². The molecule has 1 aromatic rings. The molecule has 1 aromatic heterocycles. The number of ether oxygens (including phenoxy) is 5. The van der Waals surface area contributed by atoms with Crippen LogP contribution in [-0.2, 0) is 45.1 Å². The van der Waals surface area contributed by atoms with Gasteiger partial charge < -0.3 is 23.7 Å². The Morgan fingerprint density at radius 3 is 2.06 bits per heavy atom. The fourth-order valence-electron chi connectivity index (χ4n) is 3.21. The lowest BCUT2D eigenvalue weighted by Crippen LogP contribution is -2.61. The lowest BCUT2D eigenvalue weighted by Gasteiger charge is -2.45. The first kappa shape index (κ1) is 24.3. The van der Waals surface area contributed by atoms with Gasteiger partial charge in [0.15, 0.2) is 18.5 Å². The monoisotopic (exact) mass is 445 g/mol. The maximum atomic E-state index is 12.6. The van der Waals surface area contributed by atoms with Crippen LogP contribution in [-0.4, -0.2) is 69.6 Å². The third-order valence-electron chi connectivity index (χ3n) is 4.39. The molecular weight excluding hydrogens is 418 g/mol. The predicted octanol–water partition coefficient (Wildman–Crippen LogP) is -1.01. The van der Waals surface area contributed by atoms with Crippen molar-refractivity contribution in [3.05, 3.63) is 21.0 Å². The van der Waals surface area contributed by atoms with Crippen molar-refractivity contribution in [2.24, 2.45) is 7.05 Å². The number of H-pyrrole nitrogens is 1. The molecule has 0 unspecified atom stereocenters. The van der Waals surface area contributed by atoms with Crippen molar-refractivity contribution in [1.29, 1.82) is 0 Å². The fraction of sp³-hybridized carbons (Fsp3) is 0.722. The molecule has 1 fully saturated rings. The summed E-state index contributed by atoms with van der Waals surface area (Å²) in [6.45, 7) is 6.53. The van der Waals surface area contributed by atoms with E-state index in [0.29, 0.717) is 0 Å². The molecule has 0 radical (unpaired) electrons. The van der Waals surface area contributed by atoms with E-state index in [4.69, 9.17) is 23.7 Å². The van der Waals surface area contributed by atoms with Crippen molar-refractivity contribution < 1.29 is 38.1 Å². The van der Waals surface area contributed by atoms with Crippen molar-refractivity contribution in [3.8, 4) is 0 Å². The van der Waals surface area contributed by atoms with Crippen molar-refractivity contribution in [3.63, 3.8) is 0 Å². The number of rotatable bonds is 7. The highest BCUT2D eigenvalue weighted by atomic mass is 16.7. The van der Waals surface area contributed by atoms with Gasteiger partial charge in [-0.15, -0.1) is 0 Å². The molecule has 0 saturated carbocycles. The zero-order valence-electron chi connectivity index (χ0n) is 18.1. The Bertz CT molecular complexity index is 930. The molecule has 1 aliphatic rings. The van der Waals surface area contributed by atoms with Gasteiger partial charge in [0.25, 0.3) is 0 Å². The molecule has 174 valence electrons. The topological polar surface area (TPSA) is 157 Å². The zero-order valence-corrected chi connectivity index (χ0v) is 18.1. The van der Waals surface area contributed by atoms with Crippen LogP contribution < -0.4 is 11.4 Å². The second-order valence-corrected chi connectivity index (χ2v) is 7.30. The molecule has 2 heterocycles. The minimum Gasteiger partial charge on any atom is -0.463 e. The number of hydrogen-bond donors (Lipinski definition) is 1. The molecule has 0 bridgehead atoms. The summed E-state index contributed by atoms with van der Waals surface area (Å²) in [6.07, 6.45) is -5.30. The molecule has 1 aliphatic heterocycles. The van der Waals surface area contributed by atoms with Gasteiger partial charge in [0.1, 0.15) is 18.8 Å². The zero-order chi connectivity index (χ0) is 23.5. The second kappa shape index (κ2) is 9.92. The van der Waals surface area contributed by atoms with E-state index in [1.807, 2.05) is 0 Å². The number of carbonyl (C=O) groups is 3. The summed E-state index contributed by atoms with van der Waals surface area (Å²) in [6, 6.07) is -1.22. The molecule has 1 N–H and O–H groups in total. The quantitative estimate of drug-likeness (QED) is 0.407. The third kappa shape index (κ3) is 5.82. The Balaban J connectivity index is 2.62. The smallest absolute Gasteiger partial charge is 0.347 e. The van der Waals surface area contributed by atoms with Gasteiger partial charge in [-0.1, -0.05) is 0 Å². The molecule has 0 aliphatic carbocycles. The number of hydrogen-bond acceptors (Lipinski definition) is 10. The van der Waals surface area contributed by atoms with Crippen LogP contribution in [0.1, 0.15) is 40.7 Å². The lowest BCUT2D eigenvalue weighted by atomic mass is 9.96. The van der Waals surface area contributed by atoms with E-state index in [1.54, 1.807) is 13.8 Å². The van der Waals surface area contributed by atoms with Gasteiger partial charge in [0, 0.05) is 27.8 Å². The Hall–Kier alpha value is -2.93. The van der Waals surface area contributed by atoms with E-state index in [0.717, 1.165) is 23.1 Å². The van der Waals surface area contributed by atoms with Crippen LogP contribution in [0.2, 0.25) is 0 Å². The molecule has 31 heavy (non-hydrogen) atoms. The van der Waals surface area contributed by atoms with Gasteiger partial charge in [0.2, 0.25) is 0 Å². The van der Waals surface area contributed by atoms with E-state index in [9.17, 15) is 24.0 Å². The maximum Gasteiger partial charge on any atom is 0.347 e. The Morgan fingerprint density at radius 1 is 1.03 bits per heavy atom. The highest BCUT2D eigenvalue weighted by Crippen LogP contribution is 2.34. The van der Waals surface area contributed by atoms with Crippen molar-refractivity contribution in [2.45, 2.75) is 71.4 Å². The van der Waals surface area contributed by atoms with Crippen LogP contribution in [0.5, 0.6) is 0 Å². The van der Waals surface area contributed by atoms with Crippen LogP contribution in [0.15, 0.2) is 9.59 Å².